The van der Waals surface area contributed by atoms with Gasteiger partial charge in [-0.3, -0.25) is 9.69 Å². The van der Waals surface area contributed by atoms with Gasteiger partial charge in [-0.1, -0.05) is 30.7 Å². The van der Waals surface area contributed by atoms with Crippen molar-refractivity contribution in [3.63, 3.8) is 0 Å². The highest BCUT2D eigenvalue weighted by Crippen LogP contribution is 2.42. The maximum absolute atomic E-state index is 13.7. The summed E-state index contributed by atoms with van der Waals surface area (Å²) in [5.41, 5.74) is 2.80. The molecule has 0 radical (unpaired) electrons. The summed E-state index contributed by atoms with van der Waals surface area (Å²) < 4.78 is 5.41. The number of halogens is 1. The van der Waals surface area contributed by atoms with Gasteiger partial charge in [-0.25, -0.2) is 9.97 Å². The number of carbonyl (C=O) groups is 1. The molecular weight excluding hydrogens is 454 g/mol. The van der Waals surface area contributed by atoms with Gasteiger partial charge in [0.05, 0.1) is 23.8 Å². The number of anilines is 1. The molecule has 1 aromatic heterocycles. The second kappa shape index (κ2) is 9.77. The number of aromatic nitrogens is 2. The van der Waals surface area contributed by atoms with Crippen LogP contribution in [-0.2, 0) is 9.53 Å². The number of methoxy groups -OCH3 is 1. The Balaban J connectivity index is 1.28. The average Bonchev–Trinajstić information content (AvgIpc) is 3.12. The smallest absolute Gasteiger partial charge is 0.231 e. The van der Waals surface area contributed by atoms with Crippen LogP contribution in [0.3, 0.4) is 0 Å². The van der Waals surface area contributed by atoms with Crippen molar-refractivity contribution in [2.45, 2.75) is 37.4 Å². The van der Waals surface area contributed by atoms with Crippen LogP contribution in [0.5, 0.6) is 0 Å². The third kappa shape index (κ3) is 4.52. The van der Waals surface area contributed by atoms with Gasteiger partial charge in [-0.2, -0.15) is 0 Å². The Morgan fingerprint density at radius 2 is 1.88 bits per heavy atom. The zero-order valence-corrected chi connectivity index (χ0v) is 20.5. The topological polar surface area (TPSA) is 82.0 Å². The third-order valence-electron chi connectivity index (χ3n) is 7.44. The molecule has 2 fully saturated rings. The largest absolute Gasteiger partial charge is 0.387 e. The molecule has 5 rings (SSSR count). The lowest BCUT2D eigenvalue weighted by Gasteiger charge is -2.42. The molecule has 1 aromatic carbocycles. The summed E-state index contributed by atoms with van der Waals surface area (Å²) in [6, 6.07) is 7.64. The normalized spacial score (nSPS) is 24.1. The van der Waals surface area contributed by atoms with E-state index in [0.717, 1.165) is 35.7 Å². The number of aliphatic hydroxyl groups excluding tert-OH is 1. The number of likely N-dealkylation sites (tertiary alicyclic amines) is 1. The summed E-state index contributed by atoms with van der Waals surface area (Å²) >= 11 is 6.11. The van der Waals surface area contributed by atoms with Crippen LogP contribution in [0.2, 0.25) is 5.02 Å². The molecule has 1 unspecified atom stereocenters. The molecular formula is C25H32ClN5O3. The molecule has 0 bridgehead atoms. The number of fused-ring (bicyclic) bond motifs is 1. The second-order valence-electron chi connectivity index (χ2n) is 9.64. The summed E-state index contributed by atoms with van der Waals surface area (Å²) in [4.78, 5) is 29.1. The number of amides is 1. The van der Waals surface area contributed by atoms with Gasteiger partial charge in [0.2, 0.25) is 5.91 Å². The van der Waals surface area contributed by atoms with E-state index in [0.29, 0.717) is 44.2 Å². The lowest BCUT2D eigenvalue weighted by Crippen LogP contribution is -2.55. The Bertz CT molecular complexity index is 1020. The SMILES string of the molecule is COC1CN(CC(C(=O)N2CCN(c3ncnc4c3[C@H](C)C[C@H]4O)CC2)c2ccc(Cl)cc2)C1. The number of hydrogen-bond donors (Lipinski definition) is 1. The van der Waals surface area contributed by atoms with E-state index in [1.807, 2.05) is 29.2 Å². The van der Waals surface area contributed by atoms with Crippen molar-refractivity contribution >= 4 is 23.3 Å². The molecule has 2 aliphatic heterocycles. The summed E-state index contributed by atoms with van der Waals surface area (Å²) in [6.45, 7) is 7.19. The minimum Gasteiger partial charge on any atom is -0.387 e. The van der Waals surface area contributed by atoms with E-state index in [-0.39, 0.29) is 23.8 Å². The predicted molar refractivity (Wildman–Crippen MR) is 130 cm³/mol. The molecule has 1 amide bonds. The molecule has 3 aliphatic rings. The van der Waals surface area contributed by atoms with Gasteiger partial charge in [0.1, 0.15) is 12.1 Å². The van der Waals surface area contributed by atoms with Crippen molar-refractivity contribution in [2.24, 2.45) is 0 Å². The van der Waals surface area contributed by atoms with Crippen molar-refractivity contribution < 1.29 is 14.6 Å². The van der Waals surface area contributed by atoms with Crippen LogP contribution >= 0.6 is 11.6 Å². The highest BCUT2D eigenvalue weighted by Gasteiger charge is 2.36. The Hall–Kier alpha value is -2.26. The van der Waals surface area contributed by atoms with Gasteiger partial charge in [0.15, 0.2) is 0 Å². The second-order valence-corrected chi connectivity index (χ2v) is 10.1. The quantitative estimate of drug-likeness (QED) is 0.672. The molecule has 1 aliphatic carbocycles. The molecule has 2 saturated heterocycles. The first-order valence-corrected chi connectivity index (χ1v) is 12.4. The molecule has 182 valence electrons. The van der Waals surface area contributed by atoms with Crippen LogP contribution in [0, 0.1) is 0 Å². The van der Waals surface area contributed by atoms with Crippen molar-refractivity contribution in [2.75, 3.05) is 57.8 Å². The Morgan fingerprint density at radius 1 is 1.18 bits per heavy atom. The summed E-state index contributed by atoms with van der Waals surface area (Å²) in [6.07, 6.45) is 1.96. The number of carbonyl (C=O) groups excluding carboxylic acids is 1. The standard InChI is InChI=1S/C25H32ClN5O3/c1-16-11-21(32)23-22(16)24(28-15-27-23)30-7-9-31(10-8-30)25(33)20(14-29-12-19(13-29)34-2)17-3-5-18(26)6-4-17/h3-6,15-16,19-21,32H,7-14H2,1-2H3/t16-,20?,21-/m1/s1. The zero-order chi connectivity index (χ0) is 23.8. The first kappa shape index (κ1) is 23.5. The maximum atomic E-state index is 13.7. The first-order chi connectivity index (χ1) is 16.4. The van der Waals surface area contributed by atoms with Crippen LogP contribution < -0.4 is 4.90 Å². The number of hydrogen-bond acceptors (Lipinski definition) is 7. The summed E-state index contributed by atoms with van der Waals surface area (Å²) in [5, 5.41) is 11.0. The van der Waals surface area contributed by atoms with Crippen molar-refractivity contribution in [3.8, 4) is 0 Å². The number of piperazine rings is 1. The summed E-state index contributed by atoms with van der Waals surface area (Å²) in [7, 11) is 1.73. The monoisotopic (exact) mass is 485 g/mol. The van der Waals surface area contributed by atoms with Crippen LogP contribution in [0.25, 0.3) is 0 Å². The number of ether oxygens (including phenoxy) is 1. The van der Waals surface area contributed by atoms with E-state index in [9.17, 15) is 9.90 Å². The average molecular weight is 486 g/mol. The molecule has 2 aromatic rings. The van der Waals surface area contributed by atoms with E-state index < -0.39 is 6.10 Å². The molecule has 9 heteroatoms. The van der Waals surface area contributed by atoms with Crippen LogP contribution in [-0.4, -0.2) is 89.8 Å². The molecule has 3 heterocycles. The van der Waals surface area contributed by atoms with Gasteiger partial charge in [0.25, 0.3) is 0 Å². The van der Waals surface area contributed by atoms with Gasteiger partial charge < -0.3 is 19.6 Å². The van der Waals surface area contributed by atoms with Crippen molar-refractivity contribution in [3.05, 3.63) is 52.4 Å². The molecule has 34 heavy (non-hydrogen) atoms. The molecule has 3 atom stereocenters. The predicted octanol–water partition coefficient (Wildman–Crippen LogP) is 2.43. The summed E-state index contributed by atoms with van der Waals surface area (Å²) in [5.74, 6) is 1.05. The van der Waals surface area contributed by atoms with Gasteiger partial charge >= 0.3 is 0 Å². The van der Waals surface area contributed by atoms with Crippen LogP contribution in [0.15, 0.2) is 30.6 Å². The Labute approximate surface area is 205 Å². The van der Waals surface area contributed by atoms with Crippen molar-refractivity contribution in [1.82, 2.24) is 19.8 Å². The number of rotatable bonds is 6. The minimum atomic E-state index is -0.519. The number of aliphatic hydroxyl groups is 1. The number of nitrogens with zero attached hydrogens (tertiary/aromatic N) is 5. The highest BCUT2D eigenvalue weighted by atomic mass is 35.5. The Morgan fingerprint density at radius 3 is 2.56 bits per heavy atom. The minimum absolute atomic E-state index is 0.152. The van der Waals surface area contributed by atoms with Gasteiger partial charge in [-0.05, 0) is 30.0 Å². The lowest BCUT2D eigenvalue weighted by molar-refractivity contribution is -0.134. The van der Waals surface area contributed by atoms with Gasteiger partial charge in [-0.15, -0.1) is 0 Å². The van der Waals surface area contributed by atoms with E-state index in [1.165, 1.54) is 0 Å². The van der Waals surface area contributed by atoms with E-state index in [2.05, 4.69) is 26.7 Å². The highest BCUT2D eigenvalue weighted by molar-refractivity contribution is 6.30. The fourth-order valence-electron chi connectivity index (χ4n) is 5.41. The molecule has 1 N–H and O–H groups in total. The van der Waals surface area contributed by atoms with Crippen LogP contribution in [0.1, 0.15) is 48.1 Å². The van der Waals surface area contributed by atoms with Crippen molar-refractivity contribution in [1.29, 1.82) is 0 Å². The molecule has 0 saturated carbocycles. The van der Waals surface area contributed by atoms with E-state index in [4.69, 9.17) is 16.3 Å². The first-order valence-electron chi connectivity index (χ1n) is 12.0. The van der Waals surface area contributed by atoms with Crippen LogP contribution in [0.4, 0.5) is 5.82 Å². The number of benzene rings is 1. The lowest BCUT2D eigenvalue weighted by atomic mass is 9.94. The fourth-order valence-corrected chi connectivity index (χ4v) is 5.54. The third-order valence-corrected chi connectivity index (χ3v) is 7.69. The zero-order valence-electron chi connectivity index (χ0n) is 19.7. The fraction of sp³-hybridized carbons (Fsp3) is 0.560. The maximum Gasteiger partial charge on any atom is 0.231 e. The van der Waals surface area contributed by atoms with E-state index >= 15 is 0 Å². The van der Waals surface area contributed by atoms with Gasteiger partial charge in [0, 0.05) is 63.5 Å². The Kier molecular flexibility index (Phi) is 6.75. The molecule has 0 spiro atoms. The van der Waals surface area contributed by atoms with E-state index in [1.54, 1.807) is 13.4 Å². The molecule has 8 nitrogen and oxygen atoms in total.